The highest BCUT2D eigenvalue weighted by molar-refractivity contribution is 6.04. The second kappa shape index (κ2) is 10.6. The van der Waals surface area contributed by atoms with Crippen molar-refractivity contribution >= 4 is 28.0 Å². The van der Waals surface area contributed by atoms with E-state index in [4.69, 9.17) is 4.42 Å². The molecule has 0 unspecified atom stereocenters. The minimum atomic E-state index is 0.855. The summed E-state index contributed by atoms with van der Waals surface area (Å²) in [6.07, 6.45) is 5.28. The maximum atomic E-state index is 6.06. The van der Waals surface area contributed by atoms with Crippen LogP contribution in [-0.4, -0.2) is 0 Å². The van der Waals surface area contributed by atoms with Gasteiger partial charge in [-0.25, -0.2) is 0 Å². The van der Waals surface area contributed by atoms with Crippen molar-refractivity contribution in [1.82, 2.24) is 0 Å². The Balaban J connectivity index is 1.13. The molecule has 1 aromatic heterocycles. The monoisotopic (exact) mass is 512 g/mol. The van der Waals surface area contributed by atoms with Crippen molar-refractivity contribution in [2.45, 2.75) is 6.42 Å². The third-order valence-electron chi connectivity index (χ3n) is 7.50. The second-order valence-corrected chi connectivity index (χ2v) is 10.2. The van der Waals surface area contributed by atoms with Crippen molar-refractivity contribution in [3.8, 4) is 33.4 Å². The van der Waals surface area contributed by atoms with Crippen LogP contribution < -0.4 is 0 Å². The van der Waals surface area contributed by atoms with Gasteiger partial charge in [-0.05, 0) is 81.3 Å². The molecule has 0 radical (unpaired) electrons. The van der Waals surface area contributed by atoms with Crippen molar-refractivity contribution in [3.63, 3.8) is 0 Å². The summed E-state index contributed by atoms with van der Waals surface area (Å²) < 4.78 is 6.06. The fraction of sp³-hybridized carbons (Fsp3) is 0.0256. The van der Waals surface area contributed by atoms with Gasteiger partial charge < -0.3 is 4.42 Å². The smallest absolute Gasteiger partial charge is 0.135 e. The SMILES string of the molecule is C(=C\c1ccc(-c2cc(-c3ccccc3)cc(-c3ccccc3)c2)cc1)/Cc1ccc2c(c1)oc1ccccc12. The molecule has 0 saturated heterocycles. The molecule has 0 aliphatic rings. The Morgan fingerprint density at radius 2 is 0.975 bits per heavy atom. The average molecular weight is 513 g/mol. The lowest BCUT2D eigenvalue weighted by Crippen LogP contribution is -1.86. The standard InChI is InChI=1S/C39H28O/c1-3-12-30(13-4-1)33-25-34(31-14-5-2-6-15-31)27-35(26-33)32-21-18-28(19-22-32)10-9-11-29-20-23-37-36-16-7-8-17-38(36)40-39(37)24-29/h1-10,12-27H,11H2/b10-9+. The molecule has 0 spiro atoms. The summed E-state index contributed by atoms with van der Waals surface area (Å²) in [5.41, 5.74) is 11.6. The van der Waals surface area contributed by atoms with E-state index in [9.17, 15) is 0 Å². The van der Waals surface area contributed by atoms with Gasteiger partial charge in [-0.3, -0.25) is 0 Å². The predicted octanol–water partition coefficient (Wildman–Crippen LogP) is 10.8. The molecular formula is C39H28O. The molecule has 0 fully saturated rings. The van der Waals surface area contributed by atoms with Crippen LogP contribution in [0.1, 0.15) is 11.1 Å². The Kier molecular flexibility index (Phi) is 6.32. The molecule has 1 heteroatoms. The molecule has 7 rings (SSSR count). The van der Waals surface area contributed by atoms with E-state index in [0.717, 1.165) is 17.6 Å². The Labute approximate surface area is 234 Å². The van der Waals surface area contributed by atoms with Gasteiger partial charge in [0, 0.05) is 10.8 Å². The van der Waals surface area contributed by atoms with Gasteiger partial charge in [0.2, 0.25) is 0 Å². The number of hydrogen-bond acceptors (Lipinski definition) is 1. The number of rotatable bonds is 6. The molecule has 0 N–H and O–H groups in total. The average Bonchev–Trinajstić information content (AvgIpc) is 3.40. The normalized spacial score (nSPS) is 11.5. The topological polar surface area (TPSA) is 13.1 Å². The van der Waals surface area contributed by atoms with Crippen LogP contribution in [0, 0.1) is 0 Å². The molecule has 190 valence electrons. The summed E-state index contributed by atoms with van der Waals surface area (Å²) in [6, 6.07) is 51.7. The van der Waals surface area contributed by atoms with Gasteiger partial charge in [0.1, 0.15) is 11.2 Å². The van der Waals surface area contributed by atoms with Crippen LogP contribution >= 0.6 is 0 Å². The lowest BCUT2D eigenvalue weighted by molar-refractivity contribution is 0.668. The maximum Gasteiger partial charge on any atom is 0.135 e. The molecule has 0 atom stereocenters. The zero-order valence-corrected chi connectivity index (χ0v) is 22.1. The molecule has 6 aromatic carbocycles. The van der Waals surface area contributed by atoms with E-state index in [1.807, 2.05) is 12.1 Å². The van der Waals surface area contributed by atoms with Crippen molar-refractivity contribution in [2.24, 2.45) is 0 Å². The van der Waals surface area contributed by atoms with E-state index < -0.39 is 0 Å². The first-order valence-corrected chi connectivity index (χ1v) is 13.7. The number of hydrogen-bond donors (Lipinski definition) is 0. The van der Waals surface area contributed by atoms with Crippen LogP contribution in [0.25, 0.3) is 61.4 Å². The number of benzene rings is 6. The molecule has 40 heavy (non-hydrogen) atoms. The van der Waals surface area contributed by atoms with Gasteiger partial charge in [0.05, 0.1) is 0 Å². The van der Waals surface area contributed by atoms with Gasteiger partial charge in [-0.1, -0.05) is 127 Å². The fourth-order valence-corrected chi connectivity index (χ4v) is 5.40. The molecule has 1 heterocycles. The fourth-order valence-electron chi connectivity index (χ4n) is 5.40. The Hall–Kier alpha value is -5.14. The van der Waals surface area contributed by atoms with E-state index in [-0.39, 0.29) is 0 Å². The zero-order valence-electron chi connectivity index (χ0n) is 22.1. The predicted molar refractivity (Wildman–Crippen MR) is 169 cm³/mol. The quantitative estimate of drug-likeness (QED) is 0.216. The summed E-state index contributed by atoms with van der Waals surface area (Å²) in [6.45, 7) is 0. The summed E-state index contributed by atoms with van der Waals surface area (Å²) >= 11 is 0. The van der Waals surface area contributed by atoms with Crippen LogP contribution in [0.2, 0.25) is 0 Å². The first-order chi connectivity index (χ1) is 19.8. The Bertz CT molecular complexity index is 1880. The van der Waals surface area contributed by atoms with Crippen molar-refractivity contribution in [2.75, 3.05) is 0 Å². The summed E-state index contributed by atoms with van der Waals surface area (Å²) in [5, 5.41) is 2.34. The van der Waals surface area contributed by atoms with E-state index in [1.165, 1.54) is 55.3 Å². The van der Waals surface area contributed by atoms with Gasteiger partial charge in [0.25, 0.3) is 0 Å². The first-order valence-electron chi connectivity index (χ1n) is 13.7. The van der Waals surface area contributed by atoms with Gasteiger partial charge in [0.15, 0.2) is 0 Å². The van der Waals surface area contributed by atoms with E-state index in [0.29, 0.717) is 0 Å². The van der Waals surface area contributed by atoms with Crippen LogP contribution in [0.15, 0.2) is 156 Å². The highest BCUT2D eigenvalue weighted by atomic mass is 16.3. The summed E-state index contributed by atoms with van der Waals surface area (Å²) in [5.74, 6) is 0. The number of allylic oxidation sites excluding steroid dienone is 1. The summed E-state index contributed by atoms with van der Waals surface area (Å²) in [4.78, 5) is 0. The molecule has 7 aromatic rings. The summed E-state index contributed by atoms with van der Waals surface area (Å²) in [7, 11) is 0. The van der Waals surface area contributed by atoms with Crippen molar-refractivity contribution in [1.29, 1.82) is 0 Å². The van der Waals surface area contributed by atoms with Crippen LogP contribution in [0.5, 0.6) is 0 Å². The molecule has 0 aliphatic heterocycles. The molecule has 0 amide bonds. The molecular weight excluding hydrogens is 484 g/mol. The van der Waals surface area contributed by atoms with E-state index >= 15 is 0 Å². The Morgan fingerprint density at radius 3 is 1.62 bits per heavy atom. The van der Waals surface area contributed by atoms with Crippen LogP contribution in [0.4, 0.5) is 0 Å². The van der Waals surface area contributed by atoms with Crippen molar-refractivity contribution < 1.29 is 4.42 Å². The van der Waals surface area contributed by atoms with Crippen LogP contribution in [-0.2, 0) is 6.42 Å². The highest BCUT2D eigenvalue weighted by Gasteiger charge is 2.08. The zero-order chi connectivity index (χ0) is 26.7. The van der Waals surface area contributed by atoms with Gasteiger partial charge >= 0.3 is 0 Å². The third-order valence-corrected chi connectivity index (χ3v) is 7.50. The molecule has 0 saturated carbocycles. The molecule has 0 bridgehead atoms. The van der Waals surface area contributed by atoms with Crippen molar-refractivity contribution in [3.05, 3.63) is 163 Å². The third kappa shape index (κ3) is 4.86. The minimum absolute atomic E-state index is 0.855. The number of fused-ring (bicyclic) bond motifs is 3. The Morgan fingerprint density at radius 1 is 0.425 bits per heavy atom. The second-order valence-electron chi connectivity index (χ2n) is 10.2. The first kappa shape index (κ1) is 23.9. The molecule has 0 aliphatic carbocycles. The van der Waals surface area contributed by atoms with Gasteiger partial charge in [-0.2, -0.15) is 0 Å². The molecule has 1 nitrogen and oxygen atoms in total. The number of para-hydroxylation sites is 1. The van der Waals surface area contributed by atoms with Gasteiger partial charge in [-0.15, -0.1) is 0 Å². The number of furan rings is 1. The highest BCUT2D eigenvalue weighted by Crippen LogP contribution is 2.33. The van der Waals surface area contributed by atoms with E-state index in [1.54, 1.807) is 0 Å². The largest absolute Gasteiger partial charge is 0.456 e. The minimum Gasteiger partial charge on any atom is -0.456 e. The van der Waals surface area contributed by atoms with Crippen LogP contribution in [0.3, 0.4) is 0 Å². The maximum absolute atomic E-state index is 6.06. The lowest BCUT2D eigenvalue weighted by atomic mass is 9.93. The van der Waals surface area contributed by atoms with E-state index in [2.05, 4.69) is 146 Å². The lowest BCUT2D eigenvalue weighted by Gasteiger charge is -2.11.